The molecule has 0 aliphatic carbocycles. The summed E-state index contributed by atoms with van der Waals surface area (Å²) in [5, 5.41) is 0. The van der Waals surface area contributed by atoms with E-state index in [1.165, 1.54) is 25.1 Å². The van der Waals surface area contributed by atoms with E-state index in [4.69, 9.17) is 0 Å². The molecule has 0 aliphatic heterocycles. The number of hydrogen-bond donors (Lipinski definition) is 0. The van der Waals surface area contributed by atoms with E-state index in [0.717, 1.165) is 5.56 Å². The van der Waals surface area contributed by atoms with Crippen LogP contribution in [-0.2, 0) is 4.79 Å². The fraction of sp³-hybridized carbons (Fsp3) is 0.0556. The molecule has 2 heteroatoms. The Morgan fingerprint density at radius 1 is 1.10 bits per heavy atom. The van der Waals surface area contributed by atoms with Gasteiger partial charge in [0.2, 0.25) is 0 Å². The number of benzene rings is 2. The highest BCUT2D eigenvalue weighted by molar-refractivity contribution is 5.91. The van der Waals surface area contributed by atoms with Crippen molar-refractivity contribution in [2.75, 3.05) is 0 Å². The van der Waals surface area contributed by atoms with Gasteiger partial charge >= 0.3 is 0 Å². The second-order valence-corrected chi connectivity index (χ2v) is 4.29. The lowest BCUT2D eigenvalue weighted by molar-refractivity contribution is -0.112. The summed E-state index contributed by atoms with van der Waals surface area (Å²) in [7, 11) is 0. The summed E-state index contributed by atoms with van der Waals surface area (Å²) in [5.41, 5.74) is 2.18. The van der Waals surface area contributed by atoms with Crippen LogP contribution in [0.15, 0.2) is 54.6 Å². The highest BCUT2D eigenvalue weighted by Crippen LogP contribution is 2.12. The topological polar surface area (TPSA) is 17.1 Å². The highest BCUT2D eigenvalue weighted by atomic mass is 19.1. The van der Waals surface area contributed by atoms with Crippen molar-refractivity contribution in [3.05, 3.63) is 77.1 Å². The van der Waals surface area contributed by atoms with Crippen LogP contribution in [0.2, 0.25) is 0 Å². The monoisotopic (exact) mass is 264 g/mol. The van der Waals surface area contributed by atoms with Crippen LogP contribution in [0.4, 0.5) is 4.39 Å². The molecule has 0 aromatic heterocycles. The van der Waals surface area contributed by atoms with Crippen molar-refractivity contribution in [1.29, 1.82) is 0 Å². The Kier molecular flexibility index (Phi) is 4.47. The minimum Gasteiger partial charge on any atom is -0.295 e. The van der Waals surface area contributed by atoms with Crippen molar-refractivity contribution in [2.24, 2.45) is 0 Å². The molecule has 0 amide bonds. The first kappa shape index (κ1) is 13.8. The average molecular weight is 264 g/mol. The van der Waals surface area contributed by atoms with Crippen LogP contribution in [-0.4, -0.2) is 5.78 Å². The first-order chi connectivity index (χ1) is 9.65. The molecule has 0 saturated carbocycles. The molecule has 0 unspecified atom stereocenters. The van der Waals surface area contributed by atoms with Crippen LogP contribution in [0, 0.1) is 17.7 Å². The number of halogens is 1. The molecule has 0 fully saturated rings. The van der Waals surface area contributed by atoms with Gasteiger partial charge < -0.3 is 0 Å². The zero-order chi connectivity index (χ0) is 14.4. The first-order valence-electron chi connectivity index (χ1n) is 6.20. The largest absolute Gasteiger partial charge is 0.295 e. The van der Waals surface area contributed by atoms with Crippen LogP contribution in [0.25, 0.3) is 6.08 Å². The Labute approximate surface area is 117 Å². The standard InChI is InChI=1S/C18H13FO/c1-14(20)7-9-17-13-18(19)12-11-16(17)10-8-15-5-3-2-4-6-15/h2-7,9,11-13H,1H3/b9-7+. The summed E-state index contributed by atoms with van der Waals surface area (Å²) in [4.78, 5) is 11.0. The summed E-state index contributed by atoms with van der Waals surface area (Å²) in [6.45, 7) is 1.45. The number of allylic oxidation sites excluding steroid dienone is 1. The maximum atomic E-state index is 13.3. The zero-order valence-electron chi connectivity index (χ0n) is 11.1. The normalized spacial score (nSPS) is 10.1. The first-order valence-corrected chi connectivity index (χ1v) is 6.20. The number of ketones is 1. The van der Waals surface area contributed by atoms with Gasteiger partial charge in [-0.3, -0.25) is 4.79 Å². The van der Waals surface area contributed by atoms with Gasteiger partial charge in [-0.2, -0.15) is 0 Å². The van der Waals surface area contributed by atoms with E-state index in [9.17, 15) is 9.18 Å². The Morgan fingerprint density at radius 3 is 2.55 bits per heavy atom. The molecule has 0 bridgehead atoms. The Balaban J connectivity index is 2.37. The molecule has 2 rings (SSSR count). The molecule has 2 aromatic rings. The van der Waals surface area contributed by atoms with Crippen LogP contribution in [0.5, 0.6) is 0 Å². The molecular weight excluding hydrogens is 251 g/mol. The third-order valence-electron chi connectivity index (χ3n) is 2.63. The molecule has 0 heterocycles. The highest BCUT2D eigenvalue weighted by Gasteiger charge is 1.99. The third-order valence-corrected chi connectivity index (χ3v) is 2.63. The Morgan fingerprint density at radius 2 is 1.85 bits per heavy atom. The number of hydrogen-bond acceptors (Lipinski definition) is 1. The summed E-state index contributed by atoms with van der Waals surface area (Å²) in [5.74, 6) is 5.58. The van der Waals surface area contributed by atoms with E-state index < -0.39 is 0 Å². The molecule has 1 nitrogen and oxygen atoms in total. The van der Waals surface area contributed by atoms with E-state index in [0.29, 0.717) is 11.1 Å². The summed E-state index contributed by atoms with van der Waals surface area (Å²) >= 11 is 0. The van der Waals surface area contributed by atoms with E-state index in [1.807, 2.05) is 30.3 Å². The van der Waals surface area contributed by atoms with E-state index >= 15 is 0 Å². The van der Waals surface area contributed by atoms with E-state index in [2.05, 4.69) is 11.8 Å². The van der Waals surface area contributed by atoms with Crippen LogP contribution < -0.4 is 0 Å². The van der Waals surface area contributed by atoms with Gasteiger partial charge in [0.15, 0.2) is 5.78 Å². The van der Waals surface area contributed by atoms with E-state index in [-0.39, 0.29) is 11.6 Å². The SMILES string of the molecule is CC(=O)/C=C/c1cc(F)ccc1C#Cc1ccccc1. The second-order valence-electron chi connectivity index (χ2n) is 4.29. The minimum absolute atomic E-state index is 0.0868. The molecule has 0 aliphatic rings. The van der Waals surface area contributed by atoms with Gasteiger partial charge in [-0.05, 0) is 48.9 Å². The van der Waals surface area contributed by atoms with Crippen LogP contribution >= 0.6 is 0 Å². The molecule has 2 aromatic carbocycles. The van der Waals surface area contributed by atoms with Gasteiger partial charge in [-0.15, -0.1) is 0 Å². The van der Waals surface area contributed by atoms with Gasteiger partial charge in [-0.1, -0.05) is 36.1 Å². The van der Waals surface area contributed by atoms with Crippen molar-refractivity contribution < 1.29 is 9.18 Å². The lowest BCUT2D eigenvalue weighted by atomic mass is 10.1. The quantitative estimate of drug-likeness (QED) is 0.595. The van der Waals surface area contributed by atoms with Crippen LogP contribution in [0.1, 0.15) is 23.6 Å². The average Bonchev–Trinajstić information content (AvgIpc) is 2.45. The molecule has 0 radical (unpaired) electrons. The Hall–Kier alpha value is -2.66. The third kappa shape index (κ3) is 3.93. The molecule has 0 N–H and O–H groups in total. The van der Waals surface area contributed by atoms with E-state index in [1.54, 1.807) is 12.1 Å². The van der Waals surface area contributed by atoms with Gasteiger partial charge in [0, 0.05) is 11.1 Å². The van der Waals surface area contributed by atoms with Gasteiger partial charge in [-0.25, -0.2) is 4.39 Å². The predicted molar refractivity (Wildman–Crippen MR) is 78.5 cm³/mol. The lowest BCUT2D eigenvalue weighted by Crippen LogP contribution is -1.87. The van der Waals surface area contributed by atoms with Crippen molar-refractivity contribution in [3.8, 4) is 11.8 Å². The van der Waals surface area contributed by atoms with Gasteiger partial charge in [0.1, 0.15) is 5.82 Å². The second kappa shape index (κ2) is 6.49. The maximum Gasteiger partial charge on any atom is 0.152 e. The van der Waals surface area contributed by atoms with Crippen molar-refractivity contribution in [3.63, 3.8) is 0 Å². The fourth-order valence-corrected chi connectivity index (χ4v) is 1.65. The minimum atomic E-state index is -0.349. The van der Waals surface area contributed by atoms with Gasteiger partial charge in [0.25, 0.3) is 0 Å². The molecular formula is C18H13FO. The van der Waals surface area contributed by atoms with Crippen LogP contribution in [0.3, 0.4) is 0 Å². The Bertz CT molecular complexity index is 703. The molecule has 0 spiro atoms. The number of carbonyl (C=O) groups excluding carboxylic acids is 1. The summed E-state index contributed by atoms with van der Waals surface area (Å²) in [6.07, 6.45) is 2.99. The summed E-state index contributed by atoms with van der Waals surface area (Å²) < 4.78 is 13.3. The smallest absolute Gasteiger partial charge is 0.152 e. The zero-order valence-corrected chi connectivity index (χ0v) is 11.1. The number of carbonyl (C=O) groups is 1. The molecule has 20 heavy (non-hydrogen) atoms. The van der Waals surface area contributed by atoms with Crippen molar-refractivity contribution in [2.45, 2.75) is 6.92 Å². The van der Waals surface area contributed by atoms with Crippen molar-refractivity contribution >= 4 is 11.9 Å². The number of rotatable bonds is 2. The lowest BCUT2D eigenvalue weighted by Gasteiger charge is -1.99. The molecule has 0 atom stereocenters. The van der Waals surface area contributed by atoms with Crippen molar-refractivity contribution in [1.82, 2.24) is 0 Å². The predicted octanol–water partition coefficient (Wildman–Crippen LogP) is 3.83. The molecule has 98 valence electrons. The van der Waals surface area contributed by atoms with Gasteiger partial charge in [0.05, 0.1) is 0 Å². The molecule has 0 saturated heterocycles. The summed E-state index contributed by atoms with van der Waals surface area (Å²) in [6, 6.07) is 13.9. The fourth-order valence-electron chi connectivity index (χ4n) is 1.65. The maximum absolute atomic E-state index is 13.3.